The molecule has 0 unspecified atom stereocenters. The zero-order valence-electron chi connectivity index (χ0n) is 20.5. The molecule has 2 N–H and O–H groups in total. The van der Waals surface area contributed by atoms with Crippen LogP contribution in [-0.2, 0) is 21.9 Å². The second kappa shape index (κ2) is 9.62. The number of anilines is 3. The summed E-state index contributed by atoms with van der Waals surface area (Å²) in [5.41, 5.74) is 4.05. The number of benzene rings is 3. The van der Waals surface area contributed by atoms with Gasteiger partial charge in [0, 0.05) is 17.9 Å². The number of hydrogen-bond acceptors (Lipinski definition) is 4. The Balaban J connectivity index is 1.48. The number of aryl methyl sites for hydroxylation is 1. The molecule has 7 nitrogen and oxygen atoms in total. The van der Waals surface area contributed by atoms with Crippen LogP contribution in [0.15, 0.2) is 71.6 Å². The highest BCUT2D eigenvalue weighted by molar-refractivity contribution is 7.92. The van der Waals surface area contributed by atoms with Gasteiger partial charge in [-0.1, -0.05) is 32.9 Å². The summed E-state index contributed by atoms with van der Waals surface area (Å²) in [5.74, 6) is 0.599. The van der Waals surface area contributed by atoms with Gasteiger partial charge in [0.25, 0.3) is 10.0 Å². The number of rotatable bonds is 5. The molecule has 0 saturated heterocycles. The number of methoxy groups -OCH3 is 1. The van der Waals surface area contributed by atoms with Crippen LogP contribution in [0.3, 0.4) is 0 Å². The lowest BCUT2D eigenvalue weighted by Crippen LogP contribution is -2.35. The van der Waals surface area contributed by atoms with E-state index in [1.54, 1.807) is 43.5 Å². The van der Waals surface area contributed by atoms with Crippen molar-refractivity contribution in [1.29, 1.82) is 0 Å². The van der Waals surface area contributed by atoms with Gasteiger partial charge in [-0.25, -0.2) is 13.2 Å². The minimum Gasteiger partial charge on any atom is -0.497 e. The summed E-state index contributed by atoms with van der Waals surface area (Å²) in [6.45, 7) is 6.82. The van der Waals surface area contributed by atoms with Crippen LogP contribution in [0.1, 0.15) is 38.3 Å². The number of carbonyl (C=O) groups excluding carboxylic acids is 1. The maximum atomic E-state index is 13.3. The van der Waals surface area contributed by atoms with E-state index in [0.29, 0.717) is 35.8 Å². The molecule has 0 bridgehead atoms. The molecule has 0 atom stereocenters. The summed E-state index contributed by atoms with van der Waals surface area (Å²) in [6, 6.07) is 19.1. The highest BCUT2D eigenvalue weighted by Crippen LogP contribution is 2.34. The van der Waals surface area contributed by atoms with Gasteiger partial charge in [0.15, 0.2) is 0 Å². The molecule has 35 heavy (non-hydrogen) atoms. The van der Waals surface area contributed by atoms with Gasteiger partial charge in [-0.2, -0.15) is 0 Å². The highest BCUT2D eigenvalue weighted by atomic mass is 32.2. The van der Waals surface area contributed by atoms with E-state index < -0.39 is 10.0 Å². The molecule has 1 heterocycles. The van der Waals surface area contributed by atoms with Crippen LogP contribution in [0.25, 0.3) is 0 Å². The van der Waals surface area contributed by atoms with Gasteiger partial charge >= 0.3 is 6.03 Å². The second-order valence-electron chi connectivity index (χ2n) is 9.61. The van der Waals surface area contributed by atoms with Crippen molar-refractivity contribution in [2.75, 3.05) is 28.6 Å². The third kappa shape index (κ3) is 5.43. The summed E-state index contributed by atoms with van der Waals surface area (Å²) in [6.07, 6.45) is 1.42. The Morgan fingerprint density at radius 2 is 1.54 bits per heavy atom. The molecule has 0 aromatic heterocycles. The number of hydrogen-bond donors (Lipinski definition) is 2. The van der Waals surface area contributed by atoms with Crippen molar-refractivity contribution in [3.05, 3.63) is 77.9 Å². The van der Waals surface area contributed by atoms with Crippen molar-refractivity contribution < 1.29 is 17.9 Å². The summed E-state index contributed by atoms with van der Waals surface area (Å²) in [5, 5.41) is 5.70. The van der Waals surface area contributed by atoms with E-state index in [4.69, 9.17) is 4.74 Å². The molecule has 2 amide bonds. The SMILES string of the molecule is COc1ccc(S(=O)(=O)N2CCCc3cc(NC(=O)Nc4ccc(C(C)(C)C)cc4)ccc32)cc1. The van der Waals surface area contributed by atoms with Crippen molar-refractivity contribution >= 4 is 33.1 Å². The standard InChI is InChI=1S/C27H31N3O4S/c1-27(2,3)20-7-9-21(10-8-20)28-26(31)29-22-11-16-25-19(18-22)6-5-17-30(25)35(32,33)24-14-12-23(34-4)13-15-24/h7-16,18H,5-6,17H2,1-4H3,(H2,28,29,31). The van der Waals surface area contributed by atoms with Crippen molar-refractivity contribution in [2.24, 2.45) is 0 Å². The van der Waals surface area contributed by atoms with Crippen LogP contribution in [-0.4, -0.2) is 28.1 Å². The van der Waals surface area contributed by atoms with Crippen LogP contribution in [0.4, 0.5) is 21.9 Å². The Morgan fingerprint density at radius 3 is 2.17 bits per heavy atom. The molecule has 0 aliphatic carbocycles. The maximum absolute atomic E-state index is 13.3. The van der Waals surface area contributed by atoms with Crippen LogP contribution < -0.4 is 19.7 Å². The van der Waals surface area contributed by atoms with E-state index in [9.17, 15) is 13.2 Å². The number of carbonyl (C=O) groups is 1. The number of urea groups is 1. The van der Waals surface area contributed by atoms with Crippen molar-refractivity contribution in [2.45, 2.75) is 43.9 Å². The van der Waals surface area contributed by atoms with E-state index in [0.717, 1.165) is 12.0 Å². The number of nitrogens with one attached hydrogen (secondary N) is 2. The third-order valence-electron chi connectivity index (χ3n) is 6.07. The van der Waals surface area contributed by atoms with Crippen LogP contribution in [0.2, 0.25) is 0 Å². The third-order valence-corrected chi connectivity index (χ3v) is 7.90. The molecule has 8 heteroatoms. The molecule has 1 aliphatic heterocycles. The van der Waals surface area contributed by atoms with Crippen LogP contribution in [0.5, 0.6) is 5.75 Å². The lowest BCUT2D eigenvalue weighted by Gasteiger charge is -2.31. The number of sulfonamides is 1. The average Bonchev–Trinajstić information content (AvgIpc) is 2.83. The fraction of sp³-hybridized carbons (Fsp3) is 0.296. The monoisotopic (exact) mass is 493 g/mol. The van der Waals surface area contributed by atoms with E-state index >= 15 is 0 Å². The zero-order valence-corrected chi connectivity index (χ0v) is 21.3. The Bertz CT molecular complexity index is 1310. The van der Waals surface area contributed by atoms with Crippen molar-refractivity contribution in [1.82, 2.24) is 0 Å². The van der Waals surface area contributed by atoms with E-state index in [2.05, 4.69) is 31.4 Å². The summed E-state index contributed by atoms with van der Waals surface area (Å²) in [4.78, 5) is 12.8. The lowest BCUT2D eigenvalue weighted by atomic mass is 9.87. The first kappa shape index (κ1) is 24.6. The van der Waals surface area contributed by atoms with E-state index in [1.807, 2.05) is 30.3 Å². The molecule has 0 saturated carbocycles. The largest absolute Gasteiger partial charge is 0.497 e. The molecule has 1 aliphatic rings. The maximum Gasteiger partial charge on any atom is 0.323 e. The van der Waals surface area contributed by atoms with Gasteiger partial charge in [0.1, 0.15) is 5.75 Å². The first-order valence-electron chi connectivity index (χ1n) is 11.6. The lowest BCUT2D eigenvalue weighted by molar-refractivity contribution is 0.262. The average molecular weight is 494 g/mol. The van der Waals surface area contributed by atoms with Gasteiger partial charge < -0.3 is 15.4 Å². The van der Waals surface area contributed by atoms with Crippen molar-refractivity contribution in [3.63, 3.8) is 0 Å². The van der Waals surface area contributed by atoms with E-state index in [-0.39, 0.29) is 16.3 Å². The molecule has 0 spiro atoms. The molecular weight excluding hydrogens is 462 g/mol. The Morgan fingerprint density at radius 1 is 0.914 bits per heavy atom. The zero-order chi connectivity index (χ0) is 25.2. The van der Waals surface area contributed by atoms with Gasteiger partial charge in [0.05, 0.1) is 17.7 Å². The predicted octanol–water partition coefficient (Wildman–Crippen LogP) is 5.78. The first-order chi connectivity index (χ1) is 16.6. The molecule has 0 fully saturated rings. The van der Waals surface area contributed by atoms with Crippen LogP contribution in [0, 0.1) is 0 Å². The molecule has 3 aromatic rings. The number of fused-ring (bicyclic) bond motifs is 1. The number of amides is 2. The fourth-order valence-corrected chi connectivity index (χ4v) is 5.65. The summed E-state index contributed by atoms with van der Waals surface area (Å²) < 4.78 is 33.2. The molecule has 4 rings (SSSR count). The van der Waals surface area contributed by atoms with Crippen molar-refractivity contribution in [3.8, 4) is 5.75 Å². The summed E-state index contributed by atoms with van der Waals surface area (Å²) >= 11 is 0. The van der Waals surface area contributed by atoms with Gasteiger partial charge in [-0.3, -0.25) is 4.31 Å². The Kier molecular flexibility index (Phi) is 6.76. The Labute approximate surface area is 207 Å². The Hall–Kier alpha value is -3.52. The summed E-state index contributed by atoms with van der Waals surface area (Å²) in [7, 11) is -2.17. The quantitative estimate of drug-likeness (QED) is 0.472. The molecule has 3 aromatic carbocycles. The first-order valence-corrected chi connectivity index (χ1v) is 13.0. The molecular formula is C27H31N3O4S. The number of ether oxygens (including phenoxy) is 1. The fourth-order valence-electron chi connectivity index (χ4n) is 4.11. The topological polar surface area (TPSA) is 87.7 Å². The van der Waals surface area contributed by atoms with E-state index in [1.165, 1.54) is 9.87 Å². The van der Waals surface area contributed by atoms with Crippen LogP contribution >= 0.6 is 0 Å². The van der Waals surface area contributed by atoms with Gasteiger partial charge in [0.2, 0.25) is 0 Å². The molecule has 184 valence electrons. The predicted molar refractivity (Wildman–Crippen MR) is 140 cm³/mol. The minimum absolute atomic E-state index is 0.0403. The molecule has 0 radical (unpaired) electrons. The van der Waals surface area contributed by atoms with Gasteiger partial charge in [-0.05, 0) is 84.0 Å². The van der Waals surface area contributed by atoms with Gasteiger partial charge in [-0.15, -0.1) is 0 Å². The second-order valence-corrected chi connectivity index (χ2v) is 11.5. The normalized spacial score (nSPS) is 13.7. The highest BCUT2D eigenvalue weighted by Gasteiger charge is 2.29. The number of nitrogens with zero attached hydrogens (tertiary/aromatic N) is 1. The minimum atomic E-state index is -3.71. The smallest absolute Gasteiger partial charge is 0.323 e.